The van der Waals surface area contributed by atoms with Crippen LogP contribution in [0.4, 0.5) is 5.69 Å². The monoisotopic (exact) mass is 423 g/mol. The SMILES string of the molecule is CCCC(CC(=O)N1CCN(c2cccc(Cl)c2)CC1)NC(=O)[C@H]1O[C@@H]1C(=O)O. The molecule has 2 aliphatic rings. The van der Waals surface area contributed by atoms with Crippen LogP contribution in [0.2, 0.25) is 5.02 Å². The maximum Gasteiger partial charge on any atom is 0.336 e. The van der Waals surface area contributed by atoms with Gasteiger partial charge in [0.2, 0.25) is 5.91 Å². The number of anilines is 1. The average molecular weight is 424 g/mol. The van der Waals surface area contributed by atoms with Gasteiger partial charge in [-0.05, 0) is 24.6 Å². The minimum atomic E-state index is -1.15. The molecular weight excluding hydrogens is 398 g/mol. The van der Waals surface area contributed by atoms with Gasteiger partial charge in [-0.2, -0.15) is 0 Å². The summed E-state index contributed by atoms with van der Waals surface area (Å²) in [5, 5.41) is 12.3. The number of epoxide rings is 1. The molecule has 9 heteroatoms. The fraction of sp³-hybridized carbons (Fsp3) is 0.550. The van der Waals surface area contributed by atoms with Crippen molar-refractivity contribution in [3.63, 3.8) is 0 Å². The Morgan fingerprint density at radius 2 is 1.97 bits per heavy atom. The molecule has 0 aromatic heterocycles. The van der Waals surface area contributed by atoms with Crippen LogP contribution in [0.25, 0.3) is 0 Å². The molecule has 0 aliphatic carbocycles. The van der Waals surface area contributed by atoms with E-state index in [4.69, 9.17) is 21.4 Å². The second-order valence-electron chi connectivity index (χ2n) is 7.36. The van der Waals surface area contributed by atoms with Gasteiger partial charge in [0.1, 0.15) is 0 Å². The molecule has 158 valence electrons. The number of hydrogen-bond donors (Lipinski definition) is 2. The number of rotatable bonds is 8. The molecule has 0 radical (unpaired) electrons. The van der Waals surface area contributed by atoms with E-state index in [0.717, 1.165) is 12.1 Å². The molecule has 2 saturated heterocycles. The summed E-state index contributed by atoms with van der Waals surface area (Å²) in [6.45, 7) is 4.61. The molecule has 2 aliphatic heterocycles. The van der Waals surface area contributed by atoms with Crippen LogP contribution < -0.4 is 10.2 Å². The lowest BCUT2D eigenvalue weighted by Gasteiger charge is -2.36. The molecule has 2 heterocycles. The maximum atomic E-state index is 12.7. The van der Waals surface area contributed by atoms with Crippen molar-refractivity contribution in [1.29, 1.82) is 0 Å². The first-order valence-corrected chi connectivity index (χ1v) is 10.2. The molecule has 0 spiro atoms. The molecule has 1 aromatic carbocycles. The Morgan fingerprint density at radius 1 is 1.24 bits per heavy atom. The van der Waals surface area contributed by atoms with E-state index in [1.165, 1.54) is 0 Å². The summed E-state index contributed by atoms with van der Waals surface area (Å²) in [5.74, 6) is -1.62. The van der Waals surface area contributed by atoms with Crippen LogP contribution >= 0.6 is 11.6 Å². The van der Waals surface area contributed by atoms with E-state index in [-0.39, 0.29) is 18.4 Å². The van der Waals surface area contributed by atoms with Gasteiger partial charge in [0.25, 0.3) is 5.91 Å². The Kier molecular flexibility index (Phi) is 6.97. The standard InChI is InChI=1S/C20H26ClN3O5/c1-2-4-14(22-19(26)17-18(29-17)20(27)28)12-16(25)24-9-7-23(8-10-24)15-6-3-5-13(21)11-15/h3,5-6,11,14,17-18H,2,4,7-10,12H2,1H3,(H,22,26)(H,27,28)/t14?,17-,18-/m0/s1. The Bertz CT molecular complexity index is 766. The van der Waals surface area contributed by atoms with Gasteiger partial charge >= 0.3 is 5.97 Å². The van der Waals surface area contributed by atoms with Crippen molar-refractivity contribution in [3.8, 4) is 0 Å². The van der Waals surface area contributed by atoms with Crippen LogP contribution in [0.15, 0.2) is 24.3 Å². The zero-order chi connectivity index (χ0) is 21.0. The highest BCUT2D eigenvalue weighted by atomic mass is 35.5. The van der Waals surface area contributed by atoms with Gasteiger partial charge in [0, 0.05) is 49.4 Å². The minimum absolute atomic E-state index is 0.0130. The summed E-state index contributed by atoms with van der Waals surface area (Å²) in [6, 6.07) is 7.32. The number of aliphatic carboxylic acids is 1. The fourth-order valence-electron chi connectivity index (χ4n) is 3.58. The van der Waals surface area contributed by atoms with Gasteiger partial charge in [-0.25, -0.2) is 4.79 Å². The summed E-state index contributed by atoms with van der Waals surface area (Å²) in [6.07, 6.45) is -0.393. The van der Waals surface area contributed by atoms with Crippen molar-refractivity contribution < 1.29 is 24.2 Å². The van der Waals surface area contributed by atoms with E-state index >= 15 is 0 Å². The first-order chi connectivity index (χ1) is 13.9. The molecule has 2 fully saturated rings. The zero-order valence-corrected chi connectivity index (χ0v) is 17.1. The molecule has 2 N–H and O–H groups in total. The Balaban J connectivity index is 1.49. The topological polar surface area (TPSA) is 102 Å². The highest BCUT2D eigenvalue weighted by Gasteiger charge is 2.51. The van der Waals surface area contributed by atoms with Gasteiger partial charge in [0.15, 0.2) is 12.2 Å². The van der Waals surface area contributed by atoms with E-state index in [9.17, 15) is 14.4 Å². The smallest absolute Gasteiger partial charge is 0.336 e. The maximum absolute atomic E-state index is 12.7. The van der Waals surface area contributed by atoms with Gasteiger partial charge in [-0.1, -0.05) is 31.0 Å². The van der Waals surface area contributed by atoms with Gasteiger partial charge < -0.3 is 25.0 Å². The molecule has 1 unspecified atom stereocenters. The Labute approximate surface area is 174 Å². The second kappa shape index (κ2) is 9.45. The van der Waals surface area contributed by atoms with Gasteiger partial charge in [0.05, 0.1) is 0 Å². The number of ether oxygens (including phenoxy) is 1. The number of nitrogens with one attached hydrogen (secondary N) is 1. The molecule has 3 atom stereocenters. The lowest BCUT2D eigenvalue weighted by molar-refractivity contribution is -0.138. The molecule has 3 rings (SSSR count). The van der Waals surface area contributed by atoms with E-state index in [1.807, 2.05) is 36.1 Å². The summed E-state index contributed by atoms with van der Waals surface area (Å²) >= 11 is 6.06. The largest absolute Gasteiger partial charge is 0.479 e. The quantitative estimate of drug-likeness (QED) is 0.614. The van der Waals surface area contributed by atoms with Gasteiger partial charge in [-0.15, -0.1) is 0 Å². The number of hydrogen-bond acceptors (Lipinski definition) is 5. The van der Waals surface area contributed by atoms with Crippen LogP contribution in [0, 0.1) is 0 Å². The minimum Gasteiger partial charge on any atom is -0.479 e. The zero-order valence-electron chi connectivity index (χ0n) is 16.3. The normalized spacial score (nSPS) is 22.1. The van der Waals surface area contributed by atoms with Crippen LogP contribution in [0.3, 0.4) is 0 Å². The number of nitrogens with zero attached hydrogens (tertiary/aromatic N) is 2. The number of piperazine rings is 1. The molecule has 0 saturated carbocycles. The van der Waals surface area contributed by atoms with Crippen LogP contribution in [0.1, 0.15) is 26.2 Å². The number of carboxylic acid groups (broad SMARTS) is 1. The number of carbonyl (C=O) groups excluding carboxylic acids is 2. The van der Waals surface area contributed by atoms with E-state index in [2.05, 4.69) is 10.2 Å². The Hall–Kier alpha value is -2.32. The van der Waals surface area contributed by atoms with E-state index < -0.39 is 24.1 Å². The summed E-state index contributed by atoms with van der Waals surface area (Å²) in [5.41, 5.74) is 1.04. The van der Waals surface area contributed by atoms with Crippen LogP contribution in [0.5, 0.6) is 0 Å². The fourth-order valence-corrected chi connectivity index (χ4v) is 3.77. The molecule has 29 heavy (non-hydrogen) atoms. The lowest BCUT2D eigenvalue weighted by Crippen LogP contribution is -2.50. The molecule has 8 nitrogen and oxygen atoms in total. The van der Waals surface area contributed by atoms with E-state index in [0.29, 0.717) is 37.6 Å². The summed E-state index contributed by atoms with van der Waals surface area (Å²) in [4.78, 5) is 39.7. The third-order valence-electron chi connectivity index (χ3n) is 5.20. The average Bonchev–Trinajstić information content (AvgIpc) is 3.49. The lowest BCUT2D eigenvalue weighted by atomic mass is 10.1. The molecule has 1 aromatic rings. The van der Waals surface area contributed by atoms with Crippen molar-refractivity contribution in [3.05, 3.63) is 29.3 Å². The van der Waals surface area contributed by atoms with Crippen molar-refractivity contribution in [1.82, 2.24) is 10.2 Å². The Morgan fingerprint density at radius 3 is 2.55 bits per heavy atom. The van der Waals surface area contributed by atoms with Crippen LogP contribution in [-0.2, 0) is 19.1 Å². The van der Waals surface area contributed by atoms with Crippen molar-refractivity contribution >= 4 is 35.1 Å². The molecule has 0 bridgehead atoms. The highest BCUT2D eigenvalue weighted by molar-refractivity contribution is 6.30. The number of carboxylic acids is 1. The predicted octanol–water partition coefficient (Wildman–Crippen LogP) is 1.52. The number of amides is 2. The highest BCUT2D eigenvalue weighted by Crippen LogP contribution is 2.23. The van der Waals surface area contributed by atoms with Crippen molar-refractivity contribution in [2.75, 3.05) is 31.1 Å². The number of benzene rings is 1. The number of carbonyl (C=O) groups is 3. The van der Waals surface area contributed by atoms with Crippen molar-refractivity contribution in [2.24, 2.45) is 0 Å². The first kappa shape index (κ1) is 21.4. The third kappa shape index (κ3) is 5.61. The van der Waals surface area contributed by atoms with E-state index in [1.54, 1.807) is 0 Å². The van der Waals surface area contributed by atoms with Crippen LogP contribution in [-0.4, -0.2) is 72.2 Å². The van der Waals surface area contributed by atoms with Gasteiger partial charge in [-0.3, -0.25) is 9.59 Å². The van der Waals surface area contributed by atoms with Crippen molar-refractivity contribution in [2.45, 2.75) is 44.4 Å². The second-order valence-corrected chi connectivity index (χ2v) is 7.80. The summed E-state index contributed by atoms with van der Waals surface area (Å²) < 4.78 is 4.88. The molecular formula is C20H26ClN3O5. The molecule has 2 amide bonds. The summed E-state index contributed by atoms with van der Waals surface area (Å²) in [7, 11) is 0. The predicted molar refractivity (Wildman–Crippen MR) is 108 cm³/mol. The third-order valence-corrected chi connectivity index (χ3v) is 5.44. The number of halogens is 1. The first-order valence-electron chi connectivity index (χ1n) is 9.86.